The van der Waals surface area contributed by atoms with Crippen molar-refractivity contribution in [2.24, 2.45) is 0 Å². The molecule has 100 valence electrons. The van der Waals surface area contributed by atoms with Crippen LogP contribution in [-0.4, -0.2) is 12.5 Å². The first kappa shape index (κ1) is 14.0. The Hall–Kier alpha value is -1.40. The molecule has 19 heavy (non-hydrogen) atoms. The fraction of sp³-hybridized carbons (Fsp3) is 0.154. The molecule has 1 heterocycles. The summed E-state index contributed by atoms with van der Waals surface area (Å²) < 4.78 is 19.6. The quantitative estimate of drug-likeness (QED) is 0.898. The van der Waals surface area contributed by atoms with E-state index in [1.807, 2.05) is 0 Å². The van der Waals surface area contributed by atoms with E-state index in [0.717, 1.165) is 3.79 Å². The molecular weight excluding hydrogens is 333 g/mol. The second kappa shape index (κ2) is 6.16. The van der Waals surface area contributed by atoms with Gasteiger partial charge in [-0.25, -0.2) is 4.39 Å². The maximum absolute atomic E-state index is 13.6. The third kappa shape index (κ3) is 3.54. The summed E-state index contributed by atoms with van der Waals surface area (Å²) in [7, 11) is 0. The molecule has 3 nitrogen and oxygen atoms in total. The first-order valence-electron chi connectivity index (χ1n) is 5.58. The van der Waals surface area contributed by atoms with Gasteiger partial charge >= 0.3 is 0 Å². The normalized spacial score (nSPS) is 10.3. The zero-order valence-corrected chi connectivity index (χ0v) is 12.5. The highest BCUT2D eigenvalue weighted by molar-refractivity contribution is 9.11. The molecule has 0 bridgehead atoms. The SMILES string of the molecule is CCOc1ccc(NC(=O)c2csc(Br)c2)cc1F. The van der Waals surface area contributed by atoms with Crippen molar-refractivity contribution in [3.8, 4) is 5.75 Å². The zero-order valence-electron chi connectivity index (χ0n) is 10.1. The molecule has 6 heteroatoms. The minimum absolute atomic E-state index is 0.179. The number of thiophene rings is 1. The molecular formula is C13H11BrFNO2S. The average Bonchev–Trinajstić information content (AvgIpc) is 2.80. The van der Waals surface area contributed by atoms with Crippen LogP contribution in [0.5, 0.6) is 5.75 Å². The summed E-state index contributed by atoms with van der Waals surface area (Å²) in [5.74, 6) is -0.588. The summed E-state index contributed by atoms with van der Waals surface area (Å²) in [5, 5.41) is 4.36. The van der Waals surface area contributed by atoms with E-state index in [1.54, 1.807) is 24.4 Å². The zero-order chi connectivity index (χ0) is 13.8. The van der Waals surface area contributed by atoms with E-state index >= 15 is 0 Å². The molecule has 0 radical (unpaired) electrons. The third-order valence-electron chi connectivity index (χ3n) is 2.32. The summed E-state index contributed by atoms with van der Waals surface area (Å²) in [6, 6.07) is 6.06. The number of benzene rings is 1. The van der Waals surface area contributed by atoms with Crippen LogP contribution in [0.2, 0.25) is 0 Å². The van der Waals surface area contributed by atoms with Crippen LogP contribution in [0.1, 0.15) is 17.3 Å². The first-order valence-corrected chi connectivity index (χ1v) is 7.25. The highest BCUT2D eigenvalue weighted by Gasteiger charge is 2.10. The van der Waals surface area contributed by atoms with Gasteiger partial charge in [0.1, 0.15) is 0 Å². The van der Waals surface area contributed by atoms with Crippen LogP contribution in [-0.2, 0) is 0 Å². The minimum atomic E-state index is -0.494. The van der Waals surface area contributed by atoms with Crippen LogP contribution < -0.4 is 10.1 Å². The number of ether oxygens (including phenoxy) is 1. The molecule has 0 spiro atoms. The molecule has 1 N–H and O–H groups in total. The molecule has 2 rings (SSSR count). The lowest BCUT2D eigenvalue weighted by atomic mass is 10.2. The van der Waals surface area contributed by atoms with Crippen LogP contribution in [0.25, 0.3) is 0 Å². The van der Waals surface area contributed by atoms with Crippen molar-refractivity contribution in [1.29, 1.82) is 0 Å². The maximum atomic E-state index is 13.6. The van der Waals surface area contributed by atoms with Crippen molar-refractivity contribution in [2.75, 3.05) is 11.9 Å². The van der Waals surface area contributed by atoms with Gasteiger partial charge in [0.05, 0.1) is 16.0 Å². The van der Waals surface area contributed by atoms with Crippen molar-refractivity contribution in [2.45, 2.75) is 6.92 Å². The molecule has 2 aromatic rings. The van der Waals surface area contributed by atoms with Gasteiger partial charge in [0.15, 0.2) is 11.6 Å². The van der Waals surface area contributed by atoms with Gasteiger partial charge in [-0.2, -0.15) is 0 Å². The number of rotatable bonds is 4. The molecule has 0 unspecified atom stereocenters. The Morgan fingerprint density at radius 2 is 2.26 bits per heavy atom. The molecule has 1 amide bonds. The van der Waals surface area contributed by atoms with Crippen LogP contribution >= 0.6 is 27.3 Å². The van der Waals surface area contributed by atoms with E-state index in [0.29, 0.717) is 17.9 Å². The maximum Gasteiger partial charge on any atom is 0.256 e. The minimum Gasteiger partial charge on any atom is -0.491 e. The Balaban J connectivity index is 2.11. The summed E-state index contributed by atoms with van der Waals surface area (Å²) in [5.41, 5.74) is 0.930. The van der Waals surface area contributed by atoms with Gasteiger partial charge in [0, 0.05) is 17.1 Å². The Morgan fingerprint density at radius 1 is 1.47 bits per heavy atom. The van der Waals surface area contributed by atoms with Gasteiger partial charge in [0.2, 0.25) is 0 Å². The molecule has 0 saturated carbocycles. The molecule has 0 aliphatic rings. The smallest absolute Gasteiger partial charge is 0.256 e. The standard InChI is InChI=1S/C13H11BrFNO2S/c1-2-18-11-4-3-9(6-10(11)15)16-13(17)8-5-12(14)19-7-8/h3-7H,2H2,1H3,(H,16,17). The number of hydrogen-bond acceptors (Lipinski definition) is 3. The molecule has 1 aromatic carbocycles. The van der Waals surface area contributed by atoms with Gasteiger partial charge in [-0.1, -0.05) is 0 Å². The number of carbonyl (C=O) groups is 1. The third-order valence-corrected chi connectivity index (χ3v) is 3.82. The predicted molar refractivity (Wildman–Crippen MR) is 77.5 cm³/mol. The van der Waals surface area contributed by atoms with Crippen molar-refractivity contribution in [3.63, 3.8) is 0 Å². The Bertz CT molecular complexity index is 600. The monoisotopic (exact) mass is 343 g/mol. The number of carbonyl (C=O) groups excluding carboxylic acids is 1. The van der Waals surface area contributed by atoms with E-state index in [1.165, 1.54) is 23.5 Å². The lowest BCUT2D eigenvalue weighted by Gasteiger charge is -2.07. The largest absolute Gasteiger partial charge is 0.491 e. The van der Waals surface area contributed by atoms with E-state index in [4.69, 9.17) is 4.74 Å². The van der Waals surface area contributed by atoms with Crippen molar-refractivity contribution in [3.05, 3.63) is 44.8 Å². The second-order valence-electron chi connectivity index (χ2n) is 3.67. The van der Waals surface area contributed by atoms with Gasteiger partial charge in [0.25, 0.3) is 5.91 Å². The van der Waals surface area contributed by atoms with Gasteiger partial charge in [-0.3, -0.25) is 4.79 Å². The highest BCUT2D eigenvalue weighted by Crippen LogP contribution is 2.24. The lowest BCUT2D eigenvalue weighted by molar-refractivity contribution is 0.102. The Morgan fingerprint density at radius 3 is 2.84 bits per heavy atom. The summed E-state index contributed by atoms with van der Waals surface area (Å²) >= 11 is 4.70. The average molecular weight is 344 g/mol. The lowest BCUT2D eigenvalue weighted by Crippen LogP contribution is -2.11. The van der Waals surface area contributed by atoms with Crippen molar-refractivity contribution < 1.29 is 13.9 Å². The van der Waals surface area contributed by atoms with Crippen LogP contribution in [0.15, 0.2) is 33.4 Å². The van der Waals surface area contributed by atoms with Crippen molar-refractivity contribution >= 4 is 38.9 Å². The van der Waals surface area contributed by atoms with Gasteiger partial charge in [-0.05, 0) is 41.1 Å². The van der Waals surface area contributed by atoms with E-state index in [-0.39, 0.29) is 11.7 Å². The number of anilines is 1. The summed E-state index contributed by atoms with van der Waals surface area (Å²) in [6.45, 7) is 2.18. The van der Waals surface area contributed by atoms with E-state index in [9.17, 15) is 9.18 Å². The number of nitrogens with one attached hydrogen (secondary N) is 1. The fourth-order valence-corrected chi connectivity index (χ4v) is 2.62. The predicted octanol–water partition coefficient (Wildman–Crippen LogP) is 4.30. The molecule has 0 atom stereocenters. The summed E-state index contributed by atoms with van der Waals surface area (Å²) in [6.07, 6.45) is 0. The fourth-order valence-electron chi connectivity index (χ4n) is 1.48. The summed E-state index contributed by atoms with van der Waals surface area (Å²) in [4.78, 5) is 11.9. The van der Waals surface area contributed by atoms with E-state index < -0.39 is 5.82 Å². The van der Waals surface area contributed by atoms with E-state index in [2.05, 4.69) is 21.2 Å². The van der Waals surface area contributed by atoms with Crippen LogP contribution in [0.4, 0.5) is 10.1 Å². The van der Waals surface area contributed by atoms with Gasteiger partial charge in [-0.15, -0.1) is 11.3 Å². The highest BCUT2D eigenvalue weighted by atomic mass is 79.9. The number of hydrogen-bond donors (Lipinski definition) is 1. The topological polar surface area (TPSA) is 38.3 Å². The molecule has 1 aromatic heterocycles. The molecule has 0 fully saturated rings. The molecule has 0 aliphatic carbocycles. The van der Waals surface area contributed by atoms with Crippen LogP contribution in [0, 0.1) is 5.82 Å². The molecule has 0 aliphatic heterocycles. The Kier molecular flexibility index (Phi) is 4.55. The van der Waals surface area contributed by atoms with Crippen molar-refractivity contribution in [1.82, 2.24) is 0 Å². The Labute approximate surface area is 122 Å². The van der Waals surface area contributed by atoms with Gasteiger partial charge < -0.3 is 10.1 Å². The number of halogens is 2. The molecule has 0 saturated heterocycles. The number of amides is 1. The first-order chi connectivity index (χ1) is 9.10. The van der Waals surface area contributed by atoms with Crippen LogP contribution in [0.3, 0.4) is 0 Å². The second-order valence-corrected chi connectivity index (χ2v) is 5.96.